The van der Waals surface area contributed by atoms with E-state index in [0.29, 0.717) is 0 Å². The van der Waals surface area contributed by atoms with Crippen LogP contribution in [0.1, 0.15) is 27.2 Å². The Morgan fingerprint density at radius 1 is 1.43 bits per heavy atom. The predicted molar refractivity (Wildman–Crippen MR) is 66.1 cm³/mol. The SMILES string of the molecule is CCNCCCN1CCSC(C)C1C. The Hall–Kier alpha value is 0.270. The van der Waals surface area contributed by atoms with Crippen LogP contribution in [-0.4, -0.2) is 48.1 Å². The van der Waals surface area contributed by atoms with Gasteiger partial charge in [-0.15, -0.1) is 0 Å². The highest BCUT2D eigenvalue weighted by molar-refractivity contribution is 8.00. The van der Waals surface area contributed by atoms with Gasteiger partial charge >= 0.3 is 0 Å². The highest BCUT2D eigenvalue weighted by Gasteiger charge is 2.24. The summed E-state index contributed by atoms with van der Waals surface area (Å²) in [5, 5.41) is 4.19. The maximum absolute atomic E-state index is 3.38. The monoisotopic (exact) mass is 216 g/mol. The van der Waals surface area contributed by atoms with E-state index in [1.807, 2.05) is 0 Å². The maximum Gasteiger partial charge on any atom is 0.0184 e. The van der Waals surface area contributed by atoms with Crippen LogP contribution in [0.15, 0.2) is 0 Å². The summed E-state index contributed by atoms with van der Waals surface area (Å²) in [7, 11) is 0. The van der Waals surface area contributed by atoms with Crippen LogP contribution >= 0.6 is 11.8 Å². The fourth-order valence-corrected chi connectivity index (χ4v) is 3.06. The highest BCUT2D eigenvalue weighted by Crippen LogP contribution is 2.23. The van der Waals surface area contributed by atoms with Gasteiger partial charge in [-0.2, -0.15) is 11.8 Å². The second-order valence-electron chi connectivity index (χ2n) is 4.06. The molecule has 2 nitrogen and oxygen atoms in total. The van der Waals surface area contributed by atoms with Crippen LogP contribution in [0.5, 0.6) is 0 Å². The Morgan fingerprint density at radius 3 is 2.93 bits per heavy atom. The molecular formula is C11H24N2S. The fourth-order valence-electron chi connectivity index (χ4n) is 1.89. The Labute approximate surface area is 92.8 Å². The molecule has 1 fully saturated rings. The number of rotatable bonds is 5. The molecule has 14 heavy (non-hydrogen) atoms. The molecule has 0 aromatic rings. The molecule has 1 heterocycles. The lowest BCUT2D eigenvalue weighted by atomic mass is 10.2. The van der Waals surface area contributed by atoms with Gasteiger partial charge in [0.25, 0.3) is 0 Å². The minimum atomic E-state index is 0.760. The van der Waals surface area contributed by atoms with E-state index in [9.17, 15) is 0 Å². The average Bonchev–Trinajstić information content (AvgIpc) is 2.19. The second-order valence-corrected chi connectivity index (χ2v) is 5.54. The Balaban J connectivity index is 2.15. The van der Waals surface area contributed by atoms with Crippen LogP contribution < -0.4 is 5.32 Å². The molecule has 0 radical (unpaired) electrons. The molecule has 1 aliphatic heterocycles. The normalized spacial score (nSPS) is 29.4. The Bertz CT molecular complexity index is 152. The van der Waals surface area contributed by atoms with E-state index in [1.54, 1.807) is 0 Å². The molecule has 1 aliphatic rings. The summed E-state index contributed by atoms with van der Waals surface area (Å²) in [5.41, 5.74) is 0. The lowest BCUT2D eigenvalue weighted by Gasteiger charge is -2.37. The summed E-state index contributed by atoms with van der Waals surface area (Å²) < 4.78 is 0. The van der Waals surface area contributed by atoms with E-state index < -0.39 is 0 Å². The third kappa shape index (κ3) is 3.79. The van der Waals surface area contributed by atoms with E-state index in [1.165, 1.54) is 31.8 Å². The van der Waals surface area contributed by atoms with Crippen LogP contribution in [0, 0.1) is 0 Å². The van der Waals surface area contributed by atoms with Crippen LogP contribution in [0.25, 0.3) is 0 Å². The first-order valence-corrected chi connectivity index (χ1v) is 6.87. The van der Waals surface area contributed by atoms with Gasteiger partial charge in [0.1, 0.15) is 0 Å². The number of thioether (sulfide) groups is 1. The summed E-state index contributed by atoms with van der Waals surface area (Å²) >= 11 is 2.12. The van der Waals surface area contributed by atoms with Crippen molar-refractivity contribution in [1.29, 1.82) is 0 Å². The van der Waals surface area contributed by atoms with Crippen molar-refractivity contribution in [2.45, 2.75) is 38.5 Å². The van der Waals surface area contributed by atoms with Crippen molar-refractivity contribution in [3.63, 3.8) is 0 Å². The number of nitrogens with one attached hydrogen (secondary N) is 1. The van der Waals surface area contributed by atoms with Crippen LogP contribution in [0.3, 0.4) is 0 Å². The van der Waals surface area contributed by atoms with Gasteiger partial charge in [-0.1, -0.05) is 13.8 Å². The first-order valence-electron chi connectivity index (χ1n) is 5.82. The molecule has 0 bridgehead atoms. The van der Waals surface area contributed by atoms with E-state index in [2.05, 4.69) is 42.7 Å². The minimum Gasteiger partial charge on any atom is -0.317 e. The van der Waals surface area contributed by atoms with E-state index in [0.717, 1.165) is 17.8 Å². The summed E-state index contributed by atoms with van der Waals surface area (Å²) in [6, 6.07) is 0.760. The van der Waals surface area contributed by atoms with Gasteiger partial charge in [-0.25, -0.2) is 0 Å². The highest BCUT2D eigenvalue weighted by atomic mass is 32.2. The van der Waals surface area contributed by atoms with Gasteiger partial charge in [0, 0.05) is 23.6 Å². The number of hydrogen-bond donors (Lipinski definition) is 1. The quantitative estimate of drug-likeness (QED) is 0.706. The van der Waals surface area contributed by atoms with E-state index in [-0.39, 0.29) is 0 Å². The minimum absolute atomic E-state index is 0.760. The van der Waals surface area contributed by atoms with Gasteiger partial charge in [0.05, 0.1) is 0 Å². The molecule has 0 aromatic heterocycles. The zero-order valence-electron chi connectivity index (χ0n) is 9.75. The first kappa shape index (κ1) is 12.3. The zero-order chi connectivity index (χ0) is 10.4. The third-order valence-electron chi connectivity index (χ3n) is 3.06. The molecule has 1 rings (SSSR count). The smallest absolute Gasteiger partial charge is 0.0184 e. The zero-order valence-corrected chi connectivity index (χ0v) is 10.6. The van der Waals surface area contributed by atoms with Gasteiger partial charge in [0.15, 0.2) is 0 Å². The number of nitrogens with zero attached hydrogens (tertiary/aromatic N) is 1. The standard InChI is InChI=1S/C11H24N2S/c1-4-12-6-5-7-13-8-9-14-11(3)10(13)2/h10-12H,4-9H2,1-3H3. The molecule has 2 atom stereocenters. The second kappa shape index (κ2) is 6.70. The van der Waals surface area contributed by atoms with Crippen molar-refractivity contribution < 1.29 is 0 Å². The molecule has 0 saturated carbocycles. The summed E-state index contributed by atoms with van der Waals surface area (Å²) in [5.74, 6) is 1.31. The largest absolute Gasteiger partial charge is 0.317 e. The number of hydrogen-bond acceptors (Lipinski definition) is 3. The van der Waals surface area contributed by atoms with Crippen LogP contribution in [0.4, 0.5) is 0 Å². The average molecular weight is 216 g/mol. The topological polar surface area (TPSA) is 15.3 Å². The van der Waals surface area contributed by atoms with Crippen molar-refractivity contribution in [3.05, 3.63) is 0 Å². The van der Waals surface area contributed by atoms with Gasteiger partial charge < -0.3 is 5.32 Å². The molecule has 2 unspecified atom stereocenters. The fraction of sp³-hybridized carbons (Fsp3) is 1.00. The Kier molecular flexibility index (Phi) is 5.90. The molecule has 0 spiro atoms. The summed E-state index contributed by atoms with van der Waals surface area (Å²) in [6.07, 6.45) is 1.29. The molecule has 0 aliphatic carbocycles. The van der Waals surface area contributed by atoms with Crippen molar-refractivity contribution in [1.82, 2.24) is 10.2 Å². The Morgan fingerprint density at radius 2 is 2.21 bits per heavy atom. The molecule has 0 aromatic carbocycles. The van der Waals surface area contributed by atoms with Crippen molar-refractivity contribution in [2.24, 2.45) is 0 Å². The molecule has 84 valence electrons. The molecule has 1 N–H and O–H groups in total. The van der Waals surface area contributed by atoms with Crippen LogP contribution in [-0.2, 0) is 0 Å². The van der Waals surface area contributed by atoms with E-state index >= 15 is 0 Å². The third-order valence-corrected chi connectivity index (χ3v) is 4.40. The lowest BCUT2D eigenvalue weighted by molar-refractivity contribution is 0.210. The first-order chi connectivity index (χ1) is 6.75. The molecule has 3 heteroatoms. The van der Waals surface area contributed by atoms with E-state index in [4.69, 9.17) is 0 Å². The lowest BCUT2D eigenvalue weighted by Crippen LogP contribution is -2.45. The predicted octanol–water partition coefficient (Wildman–Crippen LogP) is 1.81. The van der Waals surface area contributed by atoms with Crippen molar-refractivity contribution in [3.8, 4) is 0 Å². The maximum atomic E-state index is 3.38. The summed E-state index contributed by atoms with van der Waals surface area (Å²) in [6.45, 7) is 11.7. The molecule has 0 amide bonds. The summed E-state index contributed by atoms with van der Waals surface area (Å²) in [4.78, 5) is 2.64. The van der Waals surface area contributed by atoms with Gasteiger partial charge in [0.2, 0.25) is 0 Å². The van der Waals surface area contributed by atoms with Crippen molar-refractivity contribution in [2.75, 3.05) is 31.9 Å². The molecule has 1 saturated heterocycles. The van der Waals surface area contributed by atoms with Gasteiger partial charge in [-0.05, 0) is 33.0 Å². The molecular weight excluding hydrogens is 192 g/mol. The van der Waals surface area contributed by atoms with Gasteiger partial charge in [-0.3, -0.25) is 4.90 Å². The van der Waals surface area contributed by atoms with Crippen molar-refractivity contribution >= 4 is 11.8 Å². The van der Waals surface area contributed by atoms with Crippen LogP contribution in [0.2, 0.25) is 0 Å².